The smallest absolute Gasteiger partial charge is 0.245 e. The number of fused-ring (bicyclic) bond motifs is 2. The van der Waals surface area contributed by atoms with E-state index in [-0.39, 0.29) is 17.5 Å². The van der Waals surface area contributed by atoms with E-state index < -0.39 is 5.82 Å². The normalized spacial score (nSPS) is 15.6. The van der Waals surface area contributed by atoms with Gasteiger partial charge in [0.1, 0.15) is 23.3 Å². The van der Waals surface area contributed by atoms with Crippen molar-refractivity contribution in [3.05, 3.63) is 84.8 Å². The number of amides is 1. The Balaban J connectivity index is 1.24. The van der Waals surface area contributed by atoms with E-state index in [2.05, 4.69) is 26.8 Å². The van der Waals surface area contributed by atoms with Crippen LogP contribution in [-0.4, -0.2) is 48.4 Å². The number of aromatic nitrogens is 5. The lowest BCUT2D eigenvalue weighted by atomic mass is 9.96. The Morgan fingerprint density at radius 2 is 1.98 bits per heavy atom. The van der Waals surface area contributed by atoms with Crippen molar-refractivity contribution in [2.45, 2.75) is 32.1 Å². The summed E-state index contributed by atoms with van der Waals surface area (Å²) in [5.74, 6) is 1.11. The molecule has 1 aliphatic heterocycles. The van der Waals surface area contributed by atoms with Crippen molar-refractivity contribution in [2.75, 3.05) is 18.4 Å². The molecule has 208 valence electrons. The van der Waals surface area contributed by atoms with Gasteiger partial charge < -0.3 is 19.5 Å². The van der Waals surface area contributed by atoms with Gasteiger partial charge in [0.05, 0.1) is 28.6 Å². The molecule has 41 heavy (non-hydrogen) atoms. The van der Waals surface area contributed by atoms with Crippen molar-refractivity contribution in [1.29, 1.82) is 0 Å². The van der Waals surface area contributed by atoms with Crippen molar-refractivity contribution in [3.8, 4) is 11.5 Å². The van der Waals surface area contributed by atoms with Crippen molar-refractivity contribution in [2.24, 2.45) is 7.05 Å². The van der Waals surface area contributed by atoms with Gasteiger partial charge in [0.25, 0.3) is 0 Å². The van der Waals surface area contributed by atoms with Gasteiger partial charge in [0, 0.05) is 43.4 Å². The predicted octanol–water partition coefficient (Wildman–Crippen LogP) is 6.18. The summed E-state index contributed by atoms with van der Waals surface area (Å²) >= 11 is 0. The molecule has 4 heterocycles. The van der Waals surface area contributed by atoms with Crippen LogP contribution in [0.3, 0.4) is 0 Å². The van der Waals surface area contributed by atoms with E-state index in [0.29, 0.717) is 47.0 Å². The number of pyridine rings is 1. The summed E-state index contributed by atoms with van der Waals surface area (Å²) < 4.78 is 23.5. The second kappa shape index (κ2) is 11.0. The molecule has 0 spiro atoms. The summed E-state index contributed by atoms with van der Waals surface area (Å²) in [4.78, 5) is 32.0. The molecule has 9 nitrogen and oxygen atoms in total. The zero-order chi connectivity index (χ0) is 28.5. The van der Waals surface area contributed by atoms with E-state index in [1.165, 1.54) is 12.4 Å². The Morgan fingerprint density at radius 3 is 2.83 bits per heavy atom. The number of aryl methyl sites for hydroxylation is 1. The summed E-state index contributed by atoms with van der Waals surface area (Å²) in [6.07, 6.45) is 7.15. The number of anilines is 2. The third-order valence-corrected chi connectivity index (χ3v) is 7.65. The highest BCUT2D eigenvalue weighted by atomic mass is 19.1. The number of nitrogens with zero attached hydrogens (tertiary/aromatic N) is 6. The van der Waals surface area contributed by atoms with Crippen LogP contribution in [0.15, 0.2) is 67.8 Å². The third-order valence-electron chi connectivity index (χ3n) is 7.65. The molecular weight excluding hydrogens is 521 g/mol. The van der Waals surface area contributed by atoms with E-state index in [4.69, 9.17) is 9.72 Å². The number of halogens is 1. The Bertz CT molecular complexity index is 1780. The Labute approximate surface area is 236 Å². The molecule has 0 radical (unpaired) electrons. The van der Waals surface area contributed by atoms with Crippen LogP contribution in [0.1, 0.15) is 36.4 Å². The van der Waals surface area contributed by atoms with E-state index >= 15 is 4.39 Å². The summed E-state index contributed by atoms with van der Waals surface area (Å²) in [6, 6.07) is 12.9. The first kappa shape index (κ1) is 26.4. The minimum absolute atomic E-state index is 0.0417. The first-order valence-electron chi connectivity index (χ1n) is 13.6. The summed E-state index contributed by atoms with van der Waals surface area (Å²) in [7, 11) is 1.93. The zero-order valence-electron chi connectivity index (χ0n) is 23.0. The van der Waals surface area contributed by atoms with E-state index in [0.717, 1.165) is 36.0 Å². The number of benzene rings is 2. The second-order valence-electron chi connectivity index (χ2n) is 10.3. The first-order chi connectivity index (χ1) is 19.9. The van der Waals surface area contributed by atoms with Gasteiger partial charge in [-0.15, -0.1) is 0 Å². The molecule has 0 unspecified atom stereocenters. The fourth-order valence-electron chi connectivity index (χ4n) is 5.32. The van der Waals surface area contributed by atoms with Crippen LogP contribution in [0.4, 0.5) is 15.9 Å². The van der Waals surface area contributed by atoms with Crippen molar-refractivity contribution < 1.29 is 13.9 Å². The second-order valence-corrected chi connectivity index (χ2v) is 10.3. The molecule has 1 amide bonds. The number of likely N-dealkylation sites (tertiary alicyclic amines) is 1. The lowest BCUT2D eigenvalue weighted by Gasteiger charge is -2.18. The lowest BCUT2D eigenvalue weighted by molar-refractivity contribution is -0.125. The molecule has 1 fully saturated rings. The highest BCUT2D eigenvalue weighted by molar-refractivity contribution is 5.88. The summed E-state index contributed by atoms with van der Waals surface area (Å²) in [5.41, 5.74) is 4.54. The molecule has 10 heteroatoms. The summed E-state index contributed by atoms with van der Waals surface area (Å²) in [5, 5.41) is 3.13. The number of hydrogen-bond acceptors (Lipinski definition) is 7. The maximum atomic E-state index is 15.6. The van der Waals surface area contributed by atoms with Gasteiger partial charge in [-0.3, -0.25) is 4.79 Å². The quantitative estimate of drug-likeness (QED) is 0.252. The van der Waals surface area contributed by atoms with Gasteiger partial charge in [-0.2, -0.15) is 0 Å². The molecule has 2 aromatic carbocycles. The molecule has 0 saturated carbocycles. The molecule has 1 aliphatic rings. The van der Waals surface area contributed by atoms with Crippen LogP contribution in [0.5, 0.6) is 11.5 Å². The Morgan fingerprint density at radius 1 is 1.10 bits per heavy atom. The fourth-order valence-corrected chi connectivity index (χ4v) is 5.32. The monoisotopic (exact) mass is 551 g/mol. The van der Waals surface area contributed by atoms with Crippen molar-refractivity contribution in [3.63, 3.8) is 0 Å². The Hall–Kier alpha value is -4.86. The van der Waals surface area contributed by atoms with Crippen LogP contribution in [-0.2, 0) is 11.8 Å². The van der Waals surface area contributed by atoms with Crippen LogP contribution in [0.25, 0.3) is 22.1 Å². The molecule has 3 aromatic heterocycles. The SMILES string of the molecule is C=CC(=O)N1CCC[C@@H](c2ccc3ncnc(Nc4ccc(Oc5ccc6c(c5)ncn6C)c(C)c4F)c3n2)CC1. The Kier molecular flexibility index (Phi) is 7.05. The number of rotatable bonds is 6. The molecule has 1 atom stereocenters. The van der Waals surface area contributed by atoms with E-state index in [1.807, 2.05) is 46.8 Å². The third kappa shape index (κ3) is 5.20. The van der Waals surface area contributed by atoms with Crippen LogP contribution in [0, 0.1) is 12.7 Å². The first-order valence-corrected chi connectivity index (χ1v) is 13.6. The zero-order valence-corrected chi connectivity index (χ0v) is 23.0. The van der Waals surface area contributed by atoms with E-state index in [9.17, 15) is 4.79 Å². The molecule has 1 saturated heterocycles. The molecular formula is C31H30FN7O2. The fraction of sp³-hybridized carbons (Fsp3) is 0.258. The maximum Gasteiger partial charge on any atom is 0.245 e. The van der Waals surface area contributed by atoms with Gasteiger partial charge in [-0.05, 0) is 68.7 Å². The average Bonchev–Trinajstić information content (AvgIpc) is 3.19. The van der Waals surface area contributed by atoms with Gasteiger partial charge in [-0.1, -0.05) is 6.58 Å². The van der Waals surface area contributed by atoms with Gasteiger partial charge in [0.2, 0.25) is 5.91 Å². The molecule has 6 rings (SSSR count). The number of ether oxygens (including phenoxy) is 1. The van der Waals surface area contributed by atoms with Gasteiger partial charge in [0.15, 0.2) is 11.6 Å². The van der Waals surface area contributed by atoms with Crippen LogP contribution in [0.2, 0.25) is 0 Å². The highest BCUT2D eigenvalue weighted by Crippen LogP contribution is 2.34. The van der Waals surface area contributed by atoms with Crippen LogP contribution < -0.4 is 10.1 Å². The molecule has 0 bridgehead atoms. The van der Waals surface area contributed by atoms with Crippen molar-refractivity contribution in [1.82, 2.24) is 29.4 Å². The maximum absolute atomic E-state index is 15.6. The number of nitrogens with one attached hydrogen (secondary N) is 1. The van der Waals surface area contributed by atoms with Gasteiger partial charge >= 0.3 is 0 Å². The van der Waals surface area contributed by atoms with Gasteiger partial charge in [-0.25, -0.2) is 24.3 Å². The minimum Gasteiger partial charge on any atom is -0.457 e. The van der Waals surface area contributed by atoms with Crippen molar-refractivity contribution >= 4 is 39.5 Å². The largest absolute Gasteiger partial charge is 0.457 e. The number of hydrogen-bond donors (Lipinski definition) is 1. The summed E-state index contributed by atoms with van der Waals surface area (Å²) in [6.45, 7) is 6.65. The van der Waals surface area contributed by atoms with Crippen LogP contribution >= 0.6 is 0 Å². The minimum atomic E-state index is -0.444. The predicted molar refractivity (Wildman–Crippen MR) is 156 cm³/mol. The number of carbonyl (C=O) groups is 1. The molecule has 1 N–H and O–H groups in total. The highest BCUT2D eigenvalue weighted by Gasteiger charge is 2.22. The topological polar surface area (TPSA) is 98.1 Å². The molecule has 0 aliphatic carbocycles. The molecule has 5 aromatic rings. The number of imidazole rings is 1. The standard InChI is InChI=1S/C31H30FN7O2/c1-4-28(40)39-14-5-6-20(13-15-39)22-8-9-24-30(36-22)31(34-17-33-24)37-23-10-12-27(19(2)29(23)32)41-21-7-11-26-25(16-21)35-18-38(26)3/h4,7-12,16-18,20H,1,5-6,13-15H2,2-3H3,(H,33,34,37)/t20-/m1/s1. The van der Waals surface area contributed by atoms with E-state index in [1.54, 1.807) is 25.4 Å². The lowest BCUT2D eigenvalue weighted by Crippen LogP contribution is -2.30. The average molecular weight is 552 g/mol. The number of carbonyl (C=O) groups excluding carboxylic acids is 1.